The van der Waals surface area contributed by atoms with Crippen LogP contribution in [0.25, 0.3) is 17.0 Å². The van der Waals surface area contributed by atoms with Crippen molar-refractivity contribution in [3.8, 4) is 0 Å². The number of carbonyl (C=O) groups is 1. The maximum absolute atomic E-state index is 12.0. The molecule has 1 aromatic heterocycles. The highest BCUT2D eigenvalue weighted by Crippen LogP contribution is 2.25. The Hall–Kier alpha value is -2.56. The van der Waals surface area contributed by atoms with Crippen molar-refractivity contribution in [1.29, 1.82) is 0 Å². The second-order valence-corrected chi connectivity index (χ2v) is 5.92. The minimum Gasteiger partial charge on any atom is -0.458 e. The number of furan rings is 1. The molecule has 0 aliphatic rings. The zero-order chi connectivity index (χ0) is 17.6. The summed E-state index contributed by atoms with van der Waals surface area (Å²) in [5, 5.41) is 4.42. The van der Waals surface area contributed by atoms with Gasteiger partial charge in [-0.3, -0.25) is 4.79 Å². The summed E-state index contributed by atoms with van der Waals surface area (Å²) in [6.07, 6.45) is 2.78. The highest BCUT2D eigenvalue weighted by atomic mass is 35.5. The fourth-order valence-corrected chi connectivity index (χ4v) is 2.69. The summed E-state index contributed by atoms with van der Waals surface area (Å²) in [7, 11) is 1.59. The van der Waals surface area contributed by atoms with Gasteiger partial charge in [0.1, 0.15) is 17.4 Å². The molecule has 1 amide bonds. The van der Waals surface area contributed by atoms with E-state index in [1.807, 2.05) is 48.5 Å². The summed E-state index contributed by atoms with van der Waals surface area (Å²) in [5.74, 6) is 0.456. The van der Waals surface area contributed by atoms with Crippen molar-refractivity contribution in [3.63, 3.8) is 0 Å². The normalized spacial score (nSPS) is 12.6. The Morgan fingerprint density at radius 3 is 2.76 bits per heavy atom. The molecule has 0 spiro atoms. The third-order valence-electron chi connectivity index (χ3n) is 3.83. The molecular weight excluding hydrogens is 338 g/mol. The van der Waals surface area contributed by atoms with E-state index in [9.17, 15) is 4.79 Å². The Kier molecular flexibility index (Phi) is 5.53. The summed E-state index contributed by atoms with van der Waals surface area (Å²) in [5.41, 5.74) is 1.59. The zero-order valence-electron chi connectivity index (χ0n) is 13.7. The monoisotopic (exact) mass is 355 g/mol. The lowest BCUT2D eigenvalue weighted by molar-refractivity contribution is -0.117. The summed E-state index contributed by atoms with van der Waals surface area (Å²) >= 11 is 6.06. The van der Waals surface area contributed by atoms with Gasteiger partial charge in [-0.15, -0.1) is 0 Å². The minimum atomic E-state index is -0.356. The van der Waals surface area contributed by atoms with Crippen LogP contribution in [-0.4, -0.2) is 19.6 Å². The van der Waals surface area contributed by atoms with Crippen molar-refractivity contribution >= 4 is 34.6 Å². The molecule has 0 saturated heterocycles. The predicted octanol–water partition coefficient (Wildman–Crippen LogP) is 4.60. The van der Waals surface area contributed by atoms with Gasteiger partial charge in [-0.05, 0) is 29.8 Å². The maximum atomic E-state index is 12.0. The first kappa shape index (κ1) is 17.3. The zero-order valence-corrected chi connectivity index (χ0v) is 14.5. The number of fused-ring (bicyclic) bond motifs is 1. The Labute approximate surface area is 151 Å². The van der Waals surface area contributed by atoms with Gasteiger partial charge in [0.05, 0.1) is 6.54 Å². The van der Waals surface area contributed by atoms with E-state index in [1.165, 1.54) is 6.08 Å². The molecule has 0 fully saturated rings. The molecule has 128 valence electrons. The third-order valence-corrected chi connectivity index (χ3v) is 4.17. The van der Waals surface area contributed by atoms with E-state index in [1.54, 1.807) is 19.3 Å². The van der Waals surface area contributed by atoms with Gasteiger partial charge in [0, 0.05) is 23.6 Å². The Morgan fingerprint density at radius 2 is 2.00 bits per heavy atom. The molecular formula is C20H18ClNO3. The minimum absolute atomic E-state index is 0.224. The second kappa shape index (κ2) is 8.01. The number of carbonyl (C=O) groups excluding carboxylic acids is 1. The van der Waals surface area contributed by atoms with Gasteiger partial charge in [-0.1, -0.05) is 48.0 Å². The number of amides is 1. The standard InChI is InChI=1S/C20H18ClNO3/c1-24-19(18-12-15-7-3-5-9-17(15)25-18)13-22-20(23)11-10-14-6-2-4-8-16(14)21/h2-12,19H,13H2,1H3,(H,22,23)/b11-10+/t19-/m0/s1. The number of methoxy groups -OCH3 is 1. The van der Waals surface area contributed by atoms with Gasteiger partial charge in [0.25, 0.3) is 0 Å². The molecule has 1 N–H and O–H groups in total. The Balaban J connectivity index is 1.62. The molecule has 5 heteroatoms. The lowest BCUT2D eigenvalue weighted by Crippen LogP contribution is -2.27. The highest BCUT2D eigenvalue weighted by molar-refractivity contribution is 6.32. The van der Waals surface area contributed by atoms with Crippen molar-refractivity contribution in [3.05, 3.63) is 77.0 Å². The number of rotatable bonds is 6. The molecule has 3 rings (SSSR count). The fourth-order valence-electron chi connectivity index (χ4n) is 2.49. The van der Waals surface area contributed by atoms with Gasteiger partial charge >= 0.3 is 0 Å². The number of hydrogen-bond donors (Lipinski definition) is 1. The van der Waals surface area contributed by atoms with Gasteiger partial charge in [0.15, 0.2) is 0 Å². The SMILES string of the molecule is CO[C@@H](CNC(=O)/C=C/c1ccccc1Cl)c1cc2ccccc2o1. The summed E-state index contributed by atoms with van der Waals surface area (Å²) < 4.78 is 11.2. The van der Waals surface area contributed by atoms with Crippen LogP contribution in [-0.2, 0) is 9.53 Å². The molecule has 0 bridgehead atoms. The molecule has 0 unspecified atom stereocenters. The van der Waals surface area contributed by atoms with E-state index in [2.05, 4.69) is 5.32 Å². The van der Waals surface area contributed by atoms with Crippen LogP contribution in [0.3, 0.4) is 0 Å². The van der Waals surface area contributed by atoms with Gasteiger partial charge in [-0.25, -0.2) is 0 Å². The quantitative estimate of drug-likeness (QED) is 0.657. The van der Waals surface area contributed by atoms with Crippen LogP contribution in [0.2, 0.25) is 5.02 Å². The number of ether oxygens (including phenoxy) is 1. The van der Waals surface area contributed by atoms with Gasteiger partial charge in [-0.2, -0.15) is 0 Å². The van der Waals surface area contributed by atoms with Crippen molar-refractivity contribution in [2.75, 3.05) is 13.7 Å². The second-order valence-electron chi connectivity index (χ2n) is 5.51. The predicted molar refractivity (Wildman–Crippen MR) is 99.5 cm³/mol. The number of para-hydroxylation sites is 1. The maximum Gasteiger partial charge on any atom is 0.244 e. The first-order chi connectivity index (χ1) is 12.2. The third kappa shape index (κ3) is 4.29. The smallest absolute Gasteiger partial charge is 0.244 e. The van der Waals surface area contributed by atoms with Crippen LogP contribution < -0.4 is 5.32 Å². The Morgan fingerprint density at radius 1 is 1.24 bits per heavy atom. The summed E-state index contributed by atoms with van der Waals surface area (Å²) in [6, 6.07) is 17.0. The molecule has 1 heterocycles. The molecule has 3 aromatic rings. The average molecular weight is 356 g/mol. The van der Waals surface area contributed by atoms with Crippen LogP contribution in [0.5, 0.6) is 0 Å². The molecule has 2 aromatic carbocycles. The summed E-state index contributed by atoms with van der Waals surface area (Å²) in [6.45, 7) is 0.308. The van der Waals surface area contributed by atoms with Crippen LogP contribution in [0.1, 0.15) is 17.4 Å². The number of halogens is 1. The van der Waals surface area contributed by atoms with Crippen LogP contribution in [0.15, 0.2) is 65.1 Å². The molecule has 0 aliphatic heterocycles. The lowest BCUT2D eigenvalue weighted by Gasteiger charge is -2.12. The molecule has 0 radical (unpaired) electrons. The summed E-state index contributed by atoms with van der Waals surface area (Å²) in [4.78, 5) is 12.0. The van der Waals surface area contributed by atoms with E-state index < -0.39 is 0 Å². The topological polar surface area (TPSA) is 51.5 Å². The van der Waals surface area contributed by atoms with Crippen LogP contribution >= 0.6 is 11.6 Å². The number of hydrogen-bond acceptors (Lipinski definition) is 3. The van der Waals surface area contributed by atoms with Gasteiger partial charge < -0.3 is 14.5 Å². The van der Waals surface area contributed by atoms with E-state index in [4.69, 9.17) is 20.8 Å². The van der Waals surface area contributed by atoms with E-state index in [-0.39, 0.29) is 12.0 Å². The Bertz CT molecular complexity index is 868. The number of benzene rings is 2. The molecule has 4 nitrogen and oxygen atoms in total. The fraction of sp³-hybridized carbons (Fsp3) is 0.150. The molecule has 0 aliphatic carbocycles. The van der Waals surface area contributed by atoms with Crippen LogP contribution in [0.4, 0.5) is 0 Å². The van der Waals surface area contributed by atoms with E-state index in [0.717, 1.165) is 16.5 Å². The largest absolute Gasteiger partial charge is 0.458 e. The first-order valence-electron chi connectivity index (χ1n) is 7.89. The van der Waals surface area contributed by atoms with Crippen molar-refractivity contribution in [2.24, 2.45) is 0 Å². The lowest BCUT2D eigenvalue weighted by atomic mass is 10.2. The van der Waals surface area contributed by atoms with E-state index >= 15 is 0 Å². The van der Waals surface area contributed by atoms with Crippen LogP contribution in [0, 0.1) is 0 Å². The number of nitrogens with one attached hydrogen (secondary N) is 1. The first-order valence-corrected chi connectivity index (χ1v) is 8.27. The van der Waals surface area contributed by atoms with Crippen molar-refractivity contribution < 1.29 is 13.9 Å². The molecule has 0 saturated carbocycles. The molecule has 25 heavy (non-hydrogen) atoms. The molecule has 1 atom stereocenters. The highest BCUT2D eigenvalue weighted by Gasteiger charge is 2.16. The van der Waals surface area contributed by atoms with Gasteiger partial charge in [0.2, 0.25) is 5.91 Å². The average Bonchev–Trinajstić information content (AvgIpc) is 3.05. The van der Waals surface area contributed by atoms with E-state index in [0.29, 0.717) is 17.3 Å². The van der Waals surface area contributed by atoms with Crippen molar-refractivity contribution in [2.45, 2.75) is 6.10 Å². The van der Waals surface area contributed by atoms with Crippen molar-refractivity contribution in [1.82, 2.24) is 5.32 Å².